The van der Waals surface area contributed by atoms with Gasteiger partial charge in [-0.3, -0.25) is 4.79 Å². The maximum Gasteiger partial charge on any atom is 0.345 e. The highest BCUT2D eigenvalue weighted by atomic mass is 32.1. The molecular weight excluding hydrogens is 318 g/mol. The van der Waals surface area contributed by atoms with Crippen molar-refractivity contribution in [2.45, 2.75) is 13.0 Å². The van der Waals surface area contributed by atoms with Crippen LogP contribution in [0.1, 0.15) is 20.1 Å². The van der Waals surface area contributed by atoms with Gasteiger partial charge < -0.3 is 19.9 Å². The van der Waals surface area contributed by atoms with Gasteiger partial charge in [0.1, 0.15) is 18.1 Å². The molecule has 0 fully saturated rings. The number of carbonyl (C=O) groups excluding carboxylic acids is 1. The highest BCUT2D eigenvalue weighted by Gasteiger charge is 2.13. The molecule has 7 heteroatoms. The molecule has 2 aromatic rings. The van der Waals surface area contributed by atoms with Gasteiger partial charge in [0.25, 0.3) is 0 Å². The van der Waals surface area contributed by atoms with Crippen LogP contribution in [0.15, 0.2) is 30.3 Å². The van der Waals surface area contributed by atoms with Crippen LogP contribution in [-0.4, -0.2) is 30.2 Å². The van der Waals surface area contributed by atoms with Gasteiger partial charge in [0.2, 0.25) is 5.91 Å². The molecule has 0 aliphatic carbocycles. The van der Waals surface area contributed by atoms with Gasteiger partial charge in [-0.1, -0.05) is 6.07 Å². The summed E-state index contributed by atoms with van der Waals surface area (Å²) < 4.78 is 10.9. The summed E-state index contributed by atoms with van der Waals surface area (Å²) in [6, 6.07) is 8.69. The Morgan fingerprint density at radius 3 is 2.65 bits per heavy atom. The molecule has 2 heterocycles. The standard InChI is InChI=1S/C16H15NO5S/c18-15(17-9-11-2-4-14(23-11)16(19)20)8-10-1-3-12-13(7-10)22-6-5-21-12/h1-4,7H,5-6,8-9H2,(H,17,18)(H,19,20). The van der Waals surface area contributed by atoms with Gasteiger partial charge in [0.05, 0.1) is 13.0 Å². The first-order chi connectivity index (χ1) is 11.1. The third kappa shape index (κ3) is 3.81. The van der Waals surface area contributed by atoms with E-state index in [1.165, 1.54) is 6.07 Å². The number of ether oxygens (including phenoxy) is 2. The Bertz CT molecular complexity index is 740. The van der Waals surface area contributed by atoms with Crippen molar-refractivity contribution in [2.24, 2.45) is 0 Å². The zero-order valence-electron chi connectivity index (χ0n) is 12.2. The van der Waals surface area contributed by atoms with Crippen LogP contribution in [0.5, 0.6) is 11.5 Å². The van der Waals surface area contributed by atoms with Crippen molar-refractivity contribution in [3.05, 3.63) is 45.6 Å². The Kier molecular flexibility index (Phi) is 4.47. The number of rotatable bonds is 5. The molecular formula is C16H15NO5S. The first-order valence-corrected chi connectivity index (χ1v) is 7.91. The van der Waals surface area contributed by atoms with E-state index in [2.05, 4.69) is 5.32 Å². The molecule has 6 nitrogen and oxygen atoms in total. The van der Waals surface area contributed by atoms with Crippen LogP contribution >= 0.6 is 11.3 Å². The topological polar surface area (TPSA) is 84.9 Å². The second-order valence-corrected chi connectivity index (χ2v) is 6.17. The summed E-state index contributed by atoms with van der Waals surface area (Å²) in [4.78, 5) is 23.9. The van der Waals surface area contributed by atoms with E-state index in [0.717, 1.165) is 21.8 Å². The lowest BCUT2D eigenvalue weighted by Crippen LogP contribution is -2.24. The fraction of sp³-hybridized carbons (Fsp3) is 0.250. The maximum absolute atomic E-state index is 12.0. The van der Waals surface area contributed by atoms with Crippen LogP contribution in [-0.2, 0) is 17.8 Å². The molecule has 23 heavy (non-hydrogen) atoms. The van der Waals surface area contributed by atoms with Gasteiger partial charge >= 0.3 is 5.97 Å². The molecule has 0 radical (unpaired) electrons. The van der Waals surface area contributed by atoms with Crippen molar-refractivity contribution in [3.8, 4) is 11.5 Å². The van der Waals surface area contributed by atoms with Gasteiger partial charge in [-0.05, 0) is 29.8 Å². The van der Waals surface area contributed by atoms with Crippen LogP contribution in [0.25, 0.3) is 0 Å². The SMILES string of the molecule is O=C(Cc1ccc2c(c1)OCCO2)NCc1ccc(C(=O)O)s1. The monoisotopic (exact) mass is 333 g/mol. The maximum atomic E-state index is 12.0. The Balaban J connectivity index is 1.55. The van der Waals surface area contributed by atoms with Crippen LogP contribution in [0, 0.1) is 0 Å². The lowest BCUT2D eigenvalue weighted by atomic mass is 10.1. The minimum absolute atomic E-state index is 0.132. The molecule has 0 spiro atoms. The zero-order chi connectivity index (χ0) is 16.2. The van der Waals surface area contributed by atoms with Crippen LogP contribution < -0.4 is 14.8 Å². The quantitative estimate of drug-likeness (QED) is 0.875. The number of thiophene rings is 1. The van der Waals surface area contributed by atoms with Gasteiger partial charge in [-0.2, -0.15) is 0 Å². The lowest BCUT2D eigenvalue weighted by molar-refractivity contribution is -0.120. The minimum Gasteiger partial charge on any atom is -0.486 e. The minimum atomic E-state index is -0.955. The highest BCUT2D eigenvalue weighted by molar-refractivity contribution is 7.13. The van der Waals surface area contributed by atoms with Crippen molar-refractivity contribution in [1.82, 2.24) is 5.32 Å². The summed E-state index contributed by atoms with van der Waals surface area (Å²) in [6.45, 7) is 1.36. The average molecular weight is 333 g/mol. The summed E-state index contributed by atoms with van der Waals surface area (Å²) in [7, 11) is 0. The van der Waals surface area contributed by atoms with E-state index in [1.807, 2.05) is 12.1 Å². The van der Waals surface area contributed by atoms with E-state index < -0.39 is 5.97 Å². The summed E-state index contributed by atoms with van der Waals surface area (Å²) in [5.74, 6) is 0.266. The molecule has 0 atom stereocenters. The normalized spacial score (nSPS) is 12.7. The number of hydrogen-bond donors (Lipinski definition) is 2. The van der Waals surface area contributed by atoms with Gasteiger partial charge in [-0.15, -0.1) is 11.3 Å². The first kappa shape index (κ1) is 15.4. The van der Waals surface area contributed by atoms with E-state index in [0.29, 0.717) is 31.3 Å². The van der Waals surface area contributed by atoms with E-state index in [9.17, 15) is 9.59 Å². The van der Waals surface area contributed by atoms with E-state index >= 15 is 0 Å². The Hall–Kier alpha value is -2.54. The number of carbonyl (C=O) groups is 2. The summed E-state index contributed by atoms with van der Waals surface area (Å²) in [5.41, 5.74) is 0.837. The fourth-order valence-corrected chi connectivity index (χ4v) is 3.01. The third-order valence-electron chi connectivity index (χ3n) is 3.30. The van der Waals surface area contributed by atoms with Crippen molar-refractivity contribution in [3.63, 3.8) is 0 Å². The highest BCUT2D eigenvalue weighted by Crippen LogP contribution is 2.30. The molecule has 2 N–H and O–H groups in total. The number of carboxylic acid groups (broad SMARTS) is 1. The molecule has 120 valence electrons. The summed E-state index contributed by atoms with van der Waals surface area (Å²) >= 11 is 1.16. The van der Waals surface area contributed by atoms with Crippen molar-refractivity contribution in [2.75, 3.05) is 13.2 Å². The van der Waals surface area contributed by atoms with E-state index in [4.69, 9.17) is 14.6 Å². The average Bonchev–Trinajstić information content (AvgIpc) is 3.02. The molecule has 1 aliphatic heterocycles. The van der Waals surface area contributed by atoms with E-state index in [-0.39, 0.29) is 17.2 Å². The second kappa shape index (κ2) is 6.70. The summed E-state index contributed by atoms with van der Waals surface area (Å²) in [6.07, 6.45) is 0.230. The lowest BCUT2D eigenvalue weighted by Gasteiger charge is -2.18. The predicted octanol–water partition coefficient (Wildman–Crippen LogP) is 2.08. The van der Waals surface area contributed by atoms with Gasteiger partial charge in [0, 0.05) is 4.88 Å². The van der Waals surface area contributed by atoms with Crippen molar-refractivity contribution < 1.29 is 24.2 Å². The Morgan fingerprint density at radius 1 is 1.13 bits per heavy atom. The Morgan fingerprint density at radius 2 is 1.91 bits per heavy atom. The number of fused-ring (bicyclic) bond motifs is 1. The molecule has 1 aromatic heterocycles. The second-order valence-electron chi connectivity index (χ2n) is 5.00. The third-order valence-corrected chi connectivity index (χ3v) is 4.38. The molecule has 0 unspecified atom stereocenters. The molecule has 1 aromatic carbocycles. The molecule has 1 amide bonds. The largest absolute Gasteiger partial charge is 0.486 e. The summed E-state index contributed by atoms with van der Waals surface area (Å²) in [5, 5.41) is 11.7. The molecule has 0 saturated heterocycles. The molecule has 1 aliphatic rings. The van der Waals surface area contributed by atoms with E-state index in [1.54, 1.807) is 12.1 Å². The van der Waals surface area contributed by atoms with Crippen molar-refractivity contribution >= 4 is 23.2 Å². The van der Waals surface area contributed by atoms with Crippen LogP contribution in [0.4, 0.5) is 0 Å². The van der Waals surface area contributed by atoms with Crippen LogP contribution in [0.3, 0.4) is 0 Å². The number of aromatic carboxylic acids is 1. The van der Waals surface area contributed by atoms with Gasteiger partial charge in [-0.25, -0.2) is 4.79 Å². The number of amides is 1. The molecule has 0 saturated carbocycles. The zero-order valence-corrected chi connectivity index (χ0v) is 13.0. The van der Waals surface area contributed by atoms with Gasteiger partial charge in [0.15, 0.2) is 11.5 Å². The first-order valence-electron chi connectivity index (χ1n) is 7.09. The predicted molar refractivity (Wildman–Crippen MR) is 84.3 cm³/mol. The number of nitrogens with one attached hydrogen (secondary N) is 1. The number of carboxylic acids is 1. The van der Waals surface area contributed by atoms with Crippen molar-refractivity contribution in [1.29, 1.82) is 0 Å². The number of benzene rings is 1. The fourth-order valence-electron chi connectivity index (χ4n) is 2.22. The Labute approximate surface area is 136 Å². The molecule has 0 bridgehead atoms. The molecule has 3 rings (SSSR count). The number of hydrogen-bond acceptors (Lipinski definition) is 5. The van der Waals surface area contributed by atoms with Crippen LogP contribution in [0.2, 0.25) is 0 Å². The smallest absolute Gasteiger partial charge is 0.345 e.